The monoisotopic (exact) mass is 424 g/mol. The van der Waals surface area contributed by atoms with Crippen LogP contribution in [0.25, 0.3) is 27.7 Å². The number of amides is 1. The lowest BCUT2D eigenvalue weighted by Crippen LogP contribution is -2.16. The fraction of sp³-hybridized carbons (Fsp3) is 0. The van der Waals surface area contributed by atoms with Crippen molar-refractivity contribution in [3.63, 3.8) is 0 Å². The second-order valence-corrected chi connectivity index (χ2v) is 7.86. The van der Waals surface area contributed by atoms with E-state index in [1.54, 1.807) is 18.2 Å². The van der Waals surface area contributed by atoms with Crippen LogP contribution in [0.4, 0.5) is 4.39 Å². The quantitative estimate of drug-likeness (QED) is 0.338. The molecular weight excluding hydrogens is 407 g/mol. The van der Waals surface area contributed by atoms with Crippen LogP contribution in [0.3, 0.4) is 0 Å². The summed E-state index contributed by atoms with van der Waals surface area (Å²) in [4.78, 5) is 18.2. The molecule has 31 heavy (non-hydrogen) atoms. The summed E-state index contributed by atoms with van der Waals surface area (Å²) in [6.45, 7) is 0. The molecule has 3 nitrogen and oxygen atoms in total. The first-order chi connectivity index (χ1) is 15.2. The average molecular weight is 425 g/mol. The molecule has 0 radical (unpaired) electrons. The molecule has 150 valence electrons. The highest BCUT2D eigenvalue weighted by Gasteiger charge is 2.13. The molecule has 0 bridgehead atoms. The number of para-hydroxylation sites is 1. The van der Waals surface area contributed by atoms with Crippen LogP contribution in [0.1, 0.15) is 10.4 Å². The molecule has 0 N–H and O–H groups in total. The molecule has 5 rings (SSSR count). The van der Waals surface area contributed by atoms with Crippen molar-refractivity contribution < 1.29 is 9.18 Å². The fourth-order valence-electron chi connectivity index (χ4n) is 3.60. The van der Waals surface area contributed by atoms with Gasteiger partial charge in [0.15, 0.2) is 4.80 Å². The summed E-state index contributed by atoms with van der Waals surface area (Å²) in [6.07, 6.45) is 0. The number of halogens is 1. The lowest BCUT2D eigenvalue weighted by atomic mass is 10.0. The predicted octanol–water partition coefficient (Wildman–Crippen LogP) is 6.24. The zero-order chi connectivity index (χ0) is 21.2. The van der Waals surface area contributed by atoms with Gasteiger partial charge >= 0.3 is 0 Å². The van der Waals surface area contributed by atoms with E-state index in [-0.39, 0.29) is 11.7 Å². The highest BCUT2D eigenvalue weighted by molar-refractivity contribution is 7.07. The van der Waals surface area contributed by atoms with Crippen molar-refractivity contribution in [3.05, 3.63) is 119 Å². The van der Waals surface area contributed by atoms with Gasteiger partial charge in [0, 0.05) is 16.6 Å². The Labute approximate surface area is 182 Å². The second kappa shape index (κ2) is 8.13. The molecule has 0 aliphatic carbocycles. The van der Waals surface area contributed by atoms with Crippen molar-refractivity contribution >= 4 is 28.0 Å². The zero-order valence-corrected chi connectivity index (χ0v) is 17.2. The van der Waals surface area contributed by atoms with Gasteiger partial charge in [-0.3, -0.25) is 9.36 Å². The normalized spacial score (nSPS) is 11.7. The molecule has 5 aromatic rings. The first-order valence-electron chi connectivity index (χ1n) is 9.79. The van der Waals surface area contributed by atoms with Crippen molar-refractivity contribution in [2.24, 2.45) is 4.99 Å². The van der Waals surface area contributed by atoms with Crippen molar-refractivity contribution in [3.8, 4) is 16.9 Å². The molecule has 0 saturated carbocycles. The maximum absolute atomic E-state index is 13.5. The molecule has 0 saturated heterocycles. The first kappa shape index (κ1) is 19.2. The maximum Gasteiger partial charge on any atom is 0.280 e. The number of hydrogen-bond donors (Lipinski definition) is 0. The molecular formula is C26H17FN2OS. The minimum Gasteiger partial charge on any atom is -0.285 e. The lowest BCUT2D eigenvalue weighted by Gasteiger charge is -2.09. The molecule has 1 amide bonds. The Morgan fingerprint density at radius 3 is 2.32 bits per heavy atom. The summed E-state index contributed by atoms with van der Waals surface area (Å²) in [5.74, 6) is -0.588. The van der Waals surface area contributed by atoms with E-state index in [9.17, 15) is 9.18 Å². The lowest BCUT2D eigenvalue weighted by molar-refractivity contribution is 0.0999. The van der Waals surface area contributed by atoms with Crippen LogP contribution in [-0.2, 0) is 0 Å². The number of nitrogens with zero attached hydrogens (tertiary/aromatic N) is 2. The Morgan fingerprint density at radius 1 is 0.806 bits per heavy atom. The van der Waals surface area contributed by atoms with Crippen LogP contribution >= 0.6 is 11.3 Å². The van der Waals surface area contributed by atoms with E-state index in [1.165, 1.54) is 23.5 Å². The number of rotatable bonds is 3. The van der Waals surface area contributed by atoms with Crippen molar-refractivity contribution in [2.75, 3.05) is 0 Å². The Balaban J connectivity index is 1.69. The summed E-state index contributed by atoms with van der Waals surface area (Å²) in [7, 11) is 0. The topological polar surface area (TPSA) is 34.4 Å². The molecule has 1 aromatic heterocycles. The minimum absolute atomic E-state index is 0.290. The predicted molar refractivity (Wildman–Crippen MR) is 123 cm³/mol. The number of aromatic nitrogens is 1. The smallest absolute Gasteiger partial charge is 0.280 e. The third-order valence-corrected chi connectivity index (χ3v) is 5.91. The number of hydrogen-bond acceptors (Lipinski definition) is 2. The summed E-state index contributed by atoms with van der Waals surface area (Å²) in [5, 5.41) is 3.81. The molecule has 0 aliphatic rings. The van der Waals surface area contributed by atoms with Crippen LogP contribution in [0.2, 0.25) is 0 Å². The molecule has 1 heterocycles. The third kappa shape index (κ3) is 3.71. The summed E-state index contributed by atoms with van der Waals surface area (Å²) in [6, 6.07) is 29.5. The third-order valence-electron chi connectivity index (χ3n) is 5.08. The largest absolute Gasteiger partial charge is 0.285 e. The number of benzene rings is 4. The van der Waals surface area contributed by atoms with Gasteiger partial charge in [0.05, 0.1) is 5.69 Å². The standard InChI is InChI=1S/C26H17FN2OS/c27-20-15-13-19(14-16-20)24-17-31-26(29(24)21-9-2-1-3-10-21)28-25(30)23-12-6-8-18-7-4-5-11-22(18)23/h1-17H. The van der Waals surface area contributed by atoms with Crippen LogP contribution in [0.15, 0.2) is 107 Å². The number of thiazole rings is 1. The molecule has 0 unspecified atom stereocenters. The van der Waals surface area contributed by atoms with Crippen LogP contribution in [0.5, 0.6) is 0 Å². The molecule has 0 aliphatic heterocycles. The van der Waals surface area contributed by atoms with Gasteiger partial charge in [-0.25, -0.2) is 4.39 Å². The number of carbonyl (C=O) groups is 1. The van der Waals surface area contributed by atoms with Crippen molar-refractivity contribution in [1.82, 2.24) is 4.57 Å². The SMILES string of the molecule is O=C(N=c1scc(-c2ccc(F)cc2)n1-c1ccccc1)c1cccc2ccccc12. The fourth-order valence-corrected chi connectivity index (χ4v) is 4.50. The van der Waals surface area contributed by atoms with Gasteiger partial charge in [0.2, 0.25) is 0 Å². The second-order valence-electron chi connectivity index (χ2n) is 7.03. The Bertz CT molecular complexity index is 1450. The highest BCUT2D eigenvalue weighted by Crippen LogP contribution is 2.24. The molecule has 0 fully saturated rings. The van der Waals surface area contributed by atoms with Gasteiger partial charge < -0.3 is 0 Å². The average Bonchev–Trinajstić information content (AvgIpc) is 3.23. The van der Waals surface area contributed by atoms with E-state index in [4.69, 9.17) is 0 Å². The van der Waals surface area contributed by atoms with E-state index in [0.717, 1.165) is 27.7 Å². The van der Waals surface area contributed by atoms with E-state index < -0.39 is 0 Å². The van der Waals surface area contributed by atoms with Gasteiger partial charge in [-0.05, 0) is 58.8 Å². The van der Waals surface area contributed by atoms with E-state index >= 15 is 0 Å². The van der Waals surface area contributed by atoms with Gasteiger partial charge in [0.25, 0.3) is 5.91 Å². The van der Waals surface area contributed by atoms with Crippen molar-refractivity contribution in [2.45, 2.75) is 0 Å². The molecule has 0 atom stereocenters. The summed E-state index contributed by atoms with van der Waals surface area (Å²) < 4.78 is 15.4. The Morgan fingerprint density at radius 2 is 1.52 bits per heavy atom. The Hall–Kier alpha value is -3.83. The molecule has 5 heteroatoms. The van der Waals surface area contributed by atoms with Crippen LogP contribution < -0.4 is 4.80 Å². The Kier molecular flexibility index (Phi) is 5.02. The summed E-state index contributed by atoms with van der Waals surface area (Å²) >= 11 is 1.38. The van der Waals surface area contributed by atoms with Crippen molar-refractivity contribution in [1.29, 1.82) is 0 Å². The number of carbonyl (C=O) groups excluding carboxylic acids is 1. The van der Waals surface area contributed by atoms with Crippen LogP contribution in [0, 0.1) is 5.82 Å². The van der Waals surface area contributed by atoms with Gasteiger partial charge in [-0.15, -0.1) is 11.3 Å². The van der Waals surface area contributed by atoms with Gasteiger partial charge in [-0.2, -0.15) is 4.99 Å². The van der Waals surface area contributed by atoms with Gasteiger partial charge in [-0.1, -0.05) is 54.6 Å². The molecule has 4 aromatic carbocycles. The molecule has 0 spiro atoms. The summed E-state index contributed by atoms with van der Waals surface area (Å²) in [5.41, 5.74) is 3.14. The zero-order valence-electron chi connectivity index (χ0n) is 16.4. The van der Waals surface area contributed by atoms with E-state index in [2.05, 4.69) is 4.99 Å². The van der Waals surface area contributed by atoms with E-state index in [1.807, 2.05) is 76.7 Å². The first-order valence-corrected chi connectivity index (χ1v) is 10.7. The van der Waals surface area contributed by atoms with Crippen LogP contribution in [-0.4, -0.2) is 10.5 Å². The van der Waals surface area contributed by atoms with E-state index in [0.29, 0.717) is 10.4 Å². The van der Waals surface area contributed by atoms with Gasteiger partial charge in [0.1, 0.15) is 5.82 Å². The number of fused-ring (bicyclic) bond motifs is 1. The maximum atomic E-state index is 13.5. The highest BCUT2D eigenvalue weighted by atomic mass is 32.1. The minimum atomic E-state index is -0.297.